The molecule has 3 aromatic rings. The van der Waals surface area contributed by atoms with Crippen molar-refractivity contribution in [3.05, 3.63) is 58.6 Å². The fourth-order valence-corrected chi connectivity index (χ4v) is 4.24. The smallest absolute Gasteiger partial charge is 0.292 e. The third-order valence-corrected chi connectivity index (χ3v) is 5.89. The zero-order chi connectivity index (χ0) is 20.8. The fourth-order valence-electron chi connectivity index (χ4n) is 3.48. The number of thioether (sulfide) groups is 1. The van der Waals surface area contributed by atoms with E-state index in [1.165, 1.54) is 6.42 Å². The van der Waals surface area contributed by atoms with Gasteiger partial charge in [-0.2, -0.15) is 0 Å². The van der Waals surface area contributed by atoms with Gasteiger partial charge in [-0.3, -0.25) is 10.1 Å². The summed E-state index contributed by atoms with van der Waals surface area (Å²) in [5.74, 6) is 1.03. The summed E-state index contributed by atoms with van der Waals surface area (Å²) in [6, 6.07) is 14.9. The first kappa shape index (κ1) is 20.2. The Bertz CT molecular complexity index is 990. The van der Waals surface area contributed by atoms with Crippen molar-refractivity contribution >= 4 is 23.1 Å². The number of anilines is 1. The highest BCUT2D eigenvalue weighted by molar-refractivity contribution is 7.99. The number of hydrogen-bond acceptors (Lipinski definition) is 8. The molecule has 9 heteroatoms. The van der Waals surface area contributed by atoms with Gasteiger partial charge in [-0.15, -0.1) is 11.8 Å². The van der Waals surface area contributed by atoms with Crippen molar-refractivity contribution < 1.29 is 14.3 Å². The zero-order valence-corrected chi connectivity index (χ0v) is 17.2. The molecule has 1 fully saturated rings. The van der Waals surface area contributed by atoms with E-state index >= 15 is 0 Å². The second-order valence-corrected chi connectivity index (χ2v) is 8.10. The summed E-state index contributed by atoms with van der Waals surface area (Å²) in [5.41, 5.74) is 2.32. The van der Waals surface area contributed by atoms with Crippen molar-refractivity contribution in [1.82, 2.24) is 10.3 Å². The Hall–Kier alpha value is -3.07. The molecule has 1 aliphatic heterocycles. The van der Waals surface area contributed by atoms with Crippen LogP contribution in [0.15, 0.2) is 58.1 Å². The maximum absolute atomic E-state index is 11.4. The molecule has 30 heavy (non-hydrogen) atoms. The summed E-state index contributed by atoms with van der Waals surface area (Å²) in [7, 11) is 0. The van der Waals surface area contributed by atoms with E-state index in [0.29, 0.717) is 29.6 Å². The fraction of sp³-hybridized carbons (Fsp3) is 0.333. The number of benzene rings is 2. The van der Waals surface area contributed by atoms with E-state index in [1.807, 2.05) is 36.4 Å². The Kier molecular flexibility index (Phi) is 6.48. The van der Waals surface area contributed by atoms with Gasteiger partial charge in [0.1, 0.15) is 5.69 Å². The molecule has 1 saturated heterocycles. The van der Waals surface area contributed by atoms with E-state index in [2.05, 4.69) is 15.2 Å². The lowest BCUT2D eigenvalue weighted by Crippen LogP contribution is -2.29. The van der Waals surface area contributed by atoms with Gasteiger partial charge in [-0.05, 0) is 41.7 Å². The Morgan fingerprint density at radius 3 is 2.67 bits per heavy atom. The van der Waals surface area contributed by atoms with E-state index < -0.39 is 0 Å². The molecule has 0 radical (unpaired) electrons. The SMILES string of the molecule is O=[N+]([O-])c1ccc(SCCOc2nonc2-c2ccccc2)cc1N1CCCCC1. The van der Waals surface area contributed by atoms with Gasteiger partial charge in [0.15, 0.2) is 5.69 Å². The van der Waals surface area contributed by atoms with Crippen LogP contribution >= 0.6 is 11.8 Å². The standard InChI is InChI=1S/C21H22N4O4S/c26-25(27)18-10-9-17(15-19(18)24-11-5-2-6-12-24)30-14-13-28-21-20(22-29-23-21)16-7-3-1-4-8-16/h1,3-4,7-10,15H,2,5-6,11-14H2. The first-order valence-corrected chi connectivity index (χ1v) is 10.9. The maximum atomic E-state index is 11.4. The number of nitro groups is 1. The van der Waals surface area contributed by atoms with Crippen molar-refractivity contribution in [2.24, 2.45) is 0 Å². The number of hydrogen-bond donors (Lipinski definition) is 0. The second-order valence-electron chi connectivity index (χ2n) is 6.94. The van der Waals surface area contributed by atoms with Gasteiger partial charge in [0.25, 0.3) is 11.6 Å². The van der Waals surface area contributed by atoms with Crippen molar-refractivity contribution in [3.63, 3.8) is 0 Å². The minimum Gasteiger partial charge on any atom is -0.473 e. The minimum atomic E-state index is -0.301. The lowest BCUT2D eigenvalue weighted by molar-refractivity contribution is -0.384. The number of aromatic nitrogens is 2. The molecule has 0 spiro atoms. The highest BCUT2D eigenvalue weighted by atomic mass is 32.2. The highest BCUT2D eigenvalue weighted by Crippen LogP contribution is 2.34. The van der Waals surface area contributed by atoms with Gasteiger partial charge < -0.3 is 9.64 Å². The van der Waals surface area contributed by atoms with E-state index in [-0.39, 0.29) is 10.6 Å². The van der Waals surface area contributed by atoms with Gasteiger partial charge in [0.2, 0.25) is 0 Å². The molecule has 1 aliphatic rings. The summed E-state index contributed by atoms with van der Waals surface area (Å²) in [5, 5.41) is 19.2. The minimum absolute atomic E-state index is 0.165. The molecular formula is C21H22N4O4S. The van der Waals surface area contributed by atoms with Crippen LogP contribution in [0.25, 0.3) is 11.3 Å². The van der Waals surface area contributed by atoms with Crippen LogP contribution in [0.2, 0.25) is 0 Å². The third kappa shape index (κ3) is 4.73. The quantitative estimate of drug-likeness (QED) is 0.219. The summed E-state index contributed by atoms with van der Waals surface area (Å²) in [6.45, 7) is 2.13. The van der Waals surface area contributed by atoms with Crippen LogP contribution in [0.1, 0.15) is 19.3 Å². The summed E-state index contributed by atoms with van der Waals surface area (Å²) in [6.07, 6.45) is 3.31. The van der Waals surface area contributed by atoms with Crippen LogP contribution < -0.4 is 9.64 Å². The summed E-state index contributed by atoms with van der Waals surface area (Å²) < 4.78 is 10.6. The molecule has 2 aromatic carbocycles. The zero-order valence-electron chi connectivity index (χ0n) is 16.4. The van der Waals surface area contributed by atoms with Crippen LogP contribution in [0, 0.1) is 10.1 Å². The summed E-state index contributed by atoms with van der Waals surface area (Å²) >= 11 is 1.59. The van der Waals surface area contributed by atoms with E-state index in [0.717, 1.165) is 36.4 Å². The summed E-state index contributed by atoms with van der Waals surface area (Å²) in [4.78, 5) is 14.2. The molecule has 0 saturated carbocycles. The lowest BCUT2D eigenvalue weighted by Gasteiger charge is -2.28. The highest BCUT2D eigenvalue weighted by Gasteiger charge is 2.21. The average molecular weight is 426 g/mol. The molecule has 0 atom stereocenters. The maximum Gasteiger partial charge on any atom is 0.292 e. The second kappa shape index (κ2) is 9.62. The molecular weight excluding hydrogens is 404 g/mol. The van der Waals surface area contributed by atoms with Crippen LogP contribution in [-0.4, -0.2) is 40.7 Å². The molecule has 0 bridgehead atoms. The largest absolute Gasteiger partial charge is 0.473 e. The molecule has 1 aromatic heterocycles. The van der Waals surface area contributed by atoms with Gasteiger partial charge in [-0.25, -0.2) is 4.63 Å². The molecule has 0 unspecified atom stereocenters. The molecule has 0 amide bonds. The number of nitrogens with zero attached hydrogens (tertiary/aromatic N) is 4. The topological polar surface area (TPSA) is 94.5 Å². The van der Waals surface area contributed by atoms with Crippen molar-refractivity contribution in [2.75, 3.05) is 30.3 Å². The normalized spacial score (nSPS) is 13.9. The Balaban J connectivity index is 1.38. The molecule has 2 heterocycles. The van der Waals surface area contributed by atoms with Crippen LogP contribution in [0.3, 0.4) is 0 Å². The van der Waals surface area contributed by atoms with Crippen LogP contribution in [0.5, 0.6) is 5.88 Å². The number of ether oxygens (including phenoxy) is 1. The number of nitro benzene ring substituents is 1. The monoisotopic (exact) mass is 426 g/mol. The molecule has 0 aliphatic carbocycles. The average Bonchev–Trinajstić information content (AvgIpc) is 3.26. The molecule has 4 rings (SSSR count). The van der Waals surface area contributed by atoms with Crippen molar-refractivity contribution in [3.8, 4) is 17.1 Å². The molecule has 0 N–H and O–H groups in total. The van der Waals surface area contributed by atoms with Gasteiger partial charge in [-0.1, -0.05) is 30.3 Å². The first-order valence-electron chi connectivity index (χ1n) is 9.89. The van der Waals surface area contributed by atoms with Crippen LogP contribution in [0.4, 0.5) is 11.4 Å². The van der Waals surface area contributed by atoms with E-state index in [4.69, 9.17) is 9.37 Å². The molecule has 8 nitrogen and oxygen atoms in total. The predicted octanol–water partition coefficient (Wildman–Crippen LogP) is 4.81. The van der Waals surface area contributed by atoms with Gasteiger partial charge in [0.05, 0.1) is 11.5 Å². The van der Waals surface area contributed by atoms with Crippen molar-refractivity contribution in [1.29, 1.82) is 0 Å². The van der Waals surface area contributed by atoms with Crippen molar-refractivity contribution in [2.45, 2.75) is 24.2 Å². The van der Waals surface area contributed by atoms with Gasteiger partial charge in [0, 0.05) is 35.4 Å². The Morgan fingerprint density at radius 2 is 1.90 bits per heavy atom. The Labute approximate surface area is 178 Å². The third-order valence-electron chi connectivity index (χ3n) is 4.94. The molecule has 156 valence electrons. The first-order chi connectivity index (χ1) is 14.7. The number of piperidine rings is 1. The van der Waals surface area contributed by atoms with Gasteiger partial charge >= 0.3 is 0 Å². The Morgan fingerprint density at radius 1 is 1.10 bits per heavy atom. The lowest BCUT2D eigenvalue weighted by atomic mass is 10.1. The van der Waals surface area contributed by atoms with Crippen LogP contribution in [-0.2, 0) is 0 Å². The van der Waals surface area contributed by atoms with E-state index in [9.17, 15) is 10.1 Å². The number of rotatable bonds is 8. The van der Waals surface area contributed by atoms with E-state index in [1.54, 1.807) is 23.9 Å². The predicted molar refractivity (Wildman–Crippen MR) is 115 cm³/mol.